The van der Waals surface area contributed by atoms with Crippen molar-refractivity contribution in [3.8, 4) is 0 Å². The number of hydrogen-bond donors (Lipinski definition) is 5. The van der Waals surface area contributed by atoms with E-state index in [1.165, 1.54) is 14.7 Å². The molecule has 227 valence electrons. The molecule has 15 nitrogen and oxygen atoms in total. The average Bonchev–Trinajstić information content (AvgIpc) is 3.56. The first-order valence-corrected chi connectivity index (χ1v) is 13.2. The third-order valence-corrected chi connectivity index (χ3v) is 6.38. The van der Waals surface area contributed by atoms with Gasteiger partial charge in [-0.1, -0.05) is 0 Å². The normalized spacial score (nSPS) is 18.6. The molecule has 0 aromatic heterocycles. The average molecular weight is 717 g/mol. The first-order valence-electron chi connectivity index (χ1n) is 13.2. The summed E-state index contributed by atoms with van der Waals surface area (Å²) in [5, 5.41) is 33.3. The van der Waals surface area contributed by atoms with Crippen LogP contribution in [0.25, 0.3) is 0 Å². The van der Waals surface area contributed by atoms with Crippen molar-refractivity contribution in [3.63, 3.8) is 0 Å². The first kappa shape index (κ1) is 36.5. The van der Waals surface area contributed by atoms with Gasteiger partial charge in [0, 0.05) is 52.5 Å². The zero-order valence-corrected chi connectivity index (χ0v) is 24.8. The molecule has 0 spiro atoms. The Hall–Kier alpha value is -1.53. The van der Waals surface area contributed by atoms with Crippen molar-refractivity contribution >= 4 is 29.7 Å². The van der Waals surface area contributed by atoms with Crippen molar-refractivity contribution in [2.75, 3.05) is 85.2 Å². The molecule has 2 unspecified atom stereocenters. The van der Waals surface area contributed by atoms with Crippen molar-refractivity contribution in [1.82, 2.24) is 25.3 Å². The van der Waals surface area contributed by atoms with Gasteiger partial charge in [-0.05, 0) is 25.7 Å². The molecule has 2 atom stereocenters. The Balaban J connectivity index is 0.00000800. The van der Waals surface area contributed by atoms with Crippen LogP contribution in [0.2, 0.25) is 0 Å². The molecule has 2 saturated heterocycles. The van der Waals surface area contributed by atoms with Crippen LogP contribution in [0.4, 0.5) is 0 Å². The van der Waals surface area contributed by atoms with Crippen LogP contribution in [0.3, 0.4) is 0 Å². The third kappa shape index (κ3) is 16.7. The molecule has 2 amide bonds. The Morgan fingerprint density at radius 3 is 1.27 bits per heavy atom. The Morgan fingerprint density at radius 1 is 0.600 bits per heavy atom. The number of carboxylic acid groups (broad SMARTS) is 3. The van der Waals surface area contributed by atoms with E-state index < -0.39 is 31.0 Å². The van der Waals surface area contributed by atoms with Crippen LogP contribution >= 0.6 is 0 Å². The molecular formula is C24H41GdN5O10+3. The number of carbonyl (C=O) groups is 5. The van der Waals surface area contributed by atoms with Crippen molar-refractivity contribution in [1.29, 1.82) is 0 Å². The summed E-state index contributed by atoms with van der Waals surface area (Å²) in [5.41, 5.74) is 0. The fourth-order valence-electron chi connectivity index (χ4n) is 4.42. The van der Waals surface area contributed by atoms with Crippen LogP contribution in [-0.4, -0.2) is 157 Å². The minimum Gasteiger partial charge on any atom is -0.480 e. The fraction of sp³-hybridized carbons (Fsp3) is 0.792. The van der Waals surface area contributed by atoms with Gasteiger partial charge < -0.3 is 35.4 Å². The zero-order valence-electron chi connectivity index (χ0n) is 22.6. The summed E-state index contributed by atoms with van der Waals surface area (Å²) in [4.78, 5) is 63.1. The quantitative estimate of drug-likeness (QED) is 0.0906. The number of hydrogen-bond acceptors (Lipinski definition) is 10. The van der Waals surface area contributed by atoms with Crippen molar-refractivity contribution in [2.45, 2.75) is 37.9 Å². The second-order valence-electron chi connectivity index (χ2n) is 9.76. The molecule has 2 fully saturated rings. The number of amides is 2. The summed E-state index contributed by atoms with van der Waals surface area (Å²) in [6.45, 7) is 0.816. The summed E-state index contributed by atoms with van der Waals surface area (Å²) in [6, 6.07) is 0. The Kier molecular flexibility index (Phi) is 18.6. The van der Waals surface area contributed by atoms with Crippen molar-refractivity contribution < 1.29 is 88.7 Å². The maximum absolute atomic E-state index is 12.4. The standard InChI is InChI=1S/C24H41N5O10.Gd/c30-20(25-11-18-3-1-9-38-18)13-28(16-23(34)35)7-5-27(15-22(32)33)6-8-29(17-24(36)37)14-21(31)26-12-19-4-2-10-39-19;/h18-19H,1-17H2,(H,25,30)(H,26,31)(H,32,33)(H,34,35)(H,36,37);/q;+3. The van der Waals surface area contributed by atoms with E-state index in [1.807, 2.05) is 0 Å². The van der Waals surface area contributed by atoms with E-state index in [0.29, 0.717) is 26.3 Å². The van der Waals surface area contributed by atoms with Gasteiger partial charge in [0.05, 0.1) is 44.9 Å². The molecule has 1 radical (unpaired) electrons. The summed E-state index contributed by atoms with van der Waals surface area (Å²) in [5.74, 6) is -4.11. The number of carbonyl (C=O) groups excluding carboxylic acids is 2. The molecule has 0 saturated carbocycles. The third-order valence-electron chi connectivity index (χ3n) is 6.38. The van der Waals surface area contributed by atoms with Crippen LogP contribution in [0.1, 0.15) is 25.7 Å². The minimum atomic E-state index is -1.13. The number of nitrogens with one attached hydrogen (secondary N) is 2. The van der Waals surface area contributed by atoms with E-state index in [0.717, 1.165) is 25.7 Å². The molecule has 16 heteroatoms. The van der Waals surface area contributed by atoms with Gasteiger partial charge in [0.1, 0.15) is 0 Å². The van der Waals surface area contributed by atoms with Crippen LogP contribution in [0, 0.1) is 39.9 Å². The van der Waals surface area contributed by atoms with E-state index in [2.05, 4.69) is 10.6 Å². The Bertz CT molecular complexity index is 766. The summed E-state index contributed by atoms with van der Waals surface area (Å²) in [6.07, 6.45) is 3.43. The van der Waals surface area contributed by atoms with E-state index in [4.69, 9.17) is 9.47 Å². The van der Waals surface area contributed by atoms with Gasteiger partial charge >= 0.3 is 57.8 Å². The number of ether oxygens (including phenoxy) is 2. The largest absolute Gasteiger partial charge is 3.00 e. The molecule has 40 heavy (non-hydrogen) atoms. The summed E-state index contributed by atoms with van der Waals surface area (Å²) < 4.78 is 10.9. The monoisotopic (exact) mass is 717 g/mol. The van der Waals surface area contributed by atoms with E-state index in [-0.39, 0.29) is 110 Å². The fourth-order valence-corrected chi connectivity index (χ4v) is 4.42. The predicted octanol–water partition coefficient (Wildman–Crippen LogP) is -2.26. The van der Waals surface area contributed by atoms with Gasteiger partial charge in [0.25, 0.3) is 0 Å². The number of aliphatic carboxylic acids is 3. The van der Waals surface area contributed by atoms with Gasteiger partial charge in [-0.25, -0.2) is 0 Å². The Morgan fingerprint density at radius 2 is 0.950 bits per heavy atom. The van der Waals surface area contributed by atoms with Gasteiger partial charge in [-0.3, -0.25) is 38.7 Å². The van der Waals surface area contributed by atoms with E-state index in [9.17, 15) is 39.3 Å². The van der Waals surface area contributed by atoms with Crippen LogP contribution < -0.4 is 10.6 Å². The SMILES string of the molecule is O=C(O)CN(CCN(CC(=O)O)CC(=O)NCC1CCCO1)CCN(CC(=O)O)CC(=O)NCC1CCCO1.[Gd+3]. The molecular weight excluding hydrogens is 676 g/mol. The topological polar surface area (TPSA) is 198 Å². The van der Waals surface area contributed by atoms with Crippen LogP contribution in [0.15, 0.2) is 0 Å². The molecule has 2 aliphatic rings. The molecule has 0 aromatic rings. The van der Waals surface area contributed by atoms with Crippen molar-refractivity contribution in [2.24, 2.45) is 0 Å². The Labute approximate surface area is 265 Å². The van der Waals surface area contributed by atoms with E-state index >= 15 is 0 Å². The maximum atomic E-state index is 12.4. The van der Waals surface area contributed by atoms with Crippen molar-refractivity contribution in [3.05, 3.63) is 0 Å². The molecule has 0 aliphatic carbocycles. The van der Waals surface area contributed by atoms with E-state index in [1.54, 1.807) is 0 Å². The van der Waals surface area contributed by atoms with Gasteiger partial charge in [0.2, 0.25) is 11.8 Å². The predicted molar refractivity (Wildman–Crippen MR) is 136 cm³/mol. The summed E-state index contributed by atoms with van der Waals surface area (Å²) in [7, 11) is 0. The van der Waals surface area contributed by atoms with Crippen LogP contribution in [-0.2, 0) is 33.4 Å². The smallest absolute Gasteiger partial charge is 0.480 e. The van der Waals surface area contributed by atoms with Gasteiger partial charge in [0.15, 0.2) is 0 Å². The number of nitrogens with zero attached hydrogens (tertiary/aromatic N) is 3. The molecule has 5 N–H and O–H groups in total. The molecule has 0 aromatic carbocycles. The van der Waals surface area contributed by atoms with Gasteiger partial charge in [-0.2, -0.15) is 0 Å². The minimum absolute atomic E-state index is 0. The maximum Gasteiger partial charge on any atom is 3.00 e. The molecule has 2 heterocycles. The zero-order chi connectivity index (χ0) is 28.6. The number of rotatable bonds is 20. The molecule has 0 bridgehead atoms. The second-order valence-corrected chi connectivity index (χ2v) is 9.76. The molecule has 2 aliphatic heterocycles. The van der Waals surface area contributed by atoms with Gasteiger partial charge in [-0.15, -0.1) is 0 Å². The van der Waals surface area contributed by atoms with Crippen LogP contribution in [0.5, 0.6) is 0 Å². The first-order chi connectivity index (χ1) is 18.6. The second kappa shape index (κ2) is 20.4. The number of carboxylic acids is 3. The summed E-state index contributed by atoms with van der Waals surface area (Å²) >= 11 is 0. The molecule has 2 rings (SSSR count).